The number of phenolic OH excluding ortho intramolecular Hbond substituents is 1. The zero-order valence-corrected chi connectivity index (χ0v) is 11.9. The number of thiophene rings is 1. The van der Waals surface area contributed by atoms with E-state index in [1.54, 1.807) is 23.5 Å². The number of fused-ring (bicyclic) bond motifs is 1. The van der Waals surface area contributed by atoms with Crippen LogP contribution in [0.2, 0.25) is 0 Å². The molecule has 0 radical (unpaired) electrons. The lowest BCUT2D eigenvalue weighted by atomic mass is 10.2. The van der Waals surface area contributed by atoms with Gasteiger partial charge in [-0.25, -0.2) is 9.97 Å². The normalized spacial score (nSPS) is 10.9. The monoisotopic (exact) mass is 287 g/mol. The van der Waals surface area contributed by atoms with Crippen LogP contribution in [0, 0.1) is 13.8 Å². The van der Waals surface area contributed by atoms with Crippen LogP contribution < -0.4 is 10.5 Å². The summed E-state index contributed by atoms with van der Waals surface area (Å²) in [6.07, 6.45) is 1.46. The van der Waals surface area contributed by atoms with E-state index in [-0.39, 0.29) is 11.4 Å². The van der Waals surface area contributed by atoms with Gasteiger partial charge in [-0.2, -0.15) is 0 Å². The van der Waals surface area contributed by atoms with Gasteiger partial charge in [0.25, 0.3) is 0 Å². The second kappa shape index (κ2) is 4.64. The molecule has 3 N–H and O–H groups in total. The van der Waals surface area contributed by atoms with Gasteiger partial charge in [-0.3, -0.25) is 0 Å². The van der Waals surface area contributed by atoms with Crippen LogP contribution in [0.5, 0.6) is 17.4 Å². The van der Waals surface area contributed by atoms with Crippen molar-refractivity contribution in [3.63, 3.8) is 0 Å². The average Bonchev–Trinajstić information content (AvgIpc) is 2.72. The number of benzene rings is 1. The van der Waals surface area contributed by atoms with Crippen LogP contribution in [0.4, 0.5) is 5.69 Å². The lowest BCUT2D eigenvalue weighted by Crippen LogP contribution is -1.95. The Morgan fingerprint density at radius 2 is 2.05 bits per heavy atom. The SMILES string of the molecule is Cc1sc2ncnc(Oc3cccc(O)c3N)c2c1C. The number of hydrogen-bond donors (Lipinski definition) is 2. The minimum Gasteiger partial charge on any atom is -0.506 e. The largest absolute Gasteiger partial charge is 0.506 e. The minimum atomic E-state index is -0.00831. The van der Waals surface area contributed by atoms with E-state index in [2.05, 4.69) is 9.97 Å². The maximum Gasteiger partial charge on any atom is 0.231 e. The van der Waals surface area contributed by atoms with Gasteiger partial charge in [-0.15, -0.1) is 11.3 Å². The second-order valence-corrected chi connectivity index (χ2v) is 5.64. The van der Waals surface area contributed by atoms with Crippen LogP contribution in [-0.2, 0) is 0 Å². The van der Waals surface area contributed by atoms with E-state index < -0.39 is 0 Å². The summed E-state index contributed by atoms with van der Waals surface area (Å²) in [5.41, 5.74) is 7.10. The van der Waals surface area contributed by atoms with Gasteiger partial charge in [0, 0.05) is 4.88 Å². The highest BCUT2D eigenvalue weighted by Gasteiger charge is 2.15. The van der Waals surface area contributed by atoms with Gasteiger partial charge >= 0.3 is 0 Å². The third-order valence-electron chi connectivity index (χ3n) is 3.18. The summed E-state index contributed by atoms with van der Waals surface area (Å²) in [7, 11) is 0. The molecule has 0 spiro atoms. The standard InChI is InChI=1S/C14H13N3O2S/c1-7-8(2)20-14-11(7)13(16-6-17-14)19-10-5-3-4-9(18)12(10)15/h3-6,18H,15H2,1-2H3. The van der Waals surface area contributed by atoms with Crippen LogP contribution in [0.25, 0.3) is 10.2 Å². The number of hydrogen-bond acceptors (Lipinski definition) is 6. The average molecular weight is 287 g/mol. The molecule has 102 valence electrons. The number of nitrogen functional groups attached to an aromatic ring is 1. The molecule has 1 aromatic carbocycles. The van der Waals surface area contributed by atoms with E-state index in [0.717, 1.165) is 15.8 Å². The van der Waals surface area contributed by atoms with Crippen molar-refractivity contribution in [3.8, 4) is 17.4 Å². The highest BCUT2D eigenvalue weighted by atomic mass is 32.1. The molecule has 0 aliphatic rings. The lowest BCUT2D eigenvalue weighted by Gasteiger charge is -2.09. The summed E-state index contributed by atoms with van der Waals surface area (Å²) in [5, 5.41) is 10.5. The molecule has 3 aromatic rings. The van der Waals surface area contributed by atoms with E-state index >= 15 is 0 Å². The molecule has 0 aliphatic carbocycles. The highest BCUT2D eigenvalue weighted by Crippen LogP contribution is 2.38. The Morgan fingerprint density at radius 1 is 1.25 bits per heavy atom. The number of anilines is 1. The van der Waals surface area contributed by atoms with Crippen molar-refractivity contribution < 1.29 is 9.84 Å². The molecule has 6 heteroatoms. The highest BCUT2D eigenvalue weighted by molar-refractivity contribution is 7.18. The van der Waals surface area contributed by atoms with Gasteiger partial charge in [0.05, 0.1) is 5.39 Å². The number of aryl methyl sites for hydroxylation is 2. The molecule has 3 rings (SSSR count). The van der Waals surface area contributed by atoms with Crippen molar-refractivity contribution in [2.24, 2.45) is 0 Å². The molecule has 0 aliphatic heterocycles. The molecule has 0 saturated heterocycles. The first kappa shape index (κ1) is 12.7. The molecule has 0 amide bonds. The van der Waals surface area contributed by atoms with E-state index in [4.69, 9.17) is 10.5 Å². The number of aromatic hydroxyl groups is 1. The third-order valence-corrected chi connectivity index (χ3v) is 4.30. The first-order valence-corrected chi connectivity index (χ1v) is 6.85. The molecule has 0 unspecified atom stereocenters. The Labute approximate surface area is 119 Å². The van der Waals surface area contributed by atoms with Crippen molar-refractivity contribution in [1.82, 2.24) is 9.97 Å². The lowest BCUT2D eigenvalue weighted by molar-refractivity contribution is 0.453. The van der Waals surface area contributed by atoms with E-state index in [1.807, 2.05) is 13.8 Å². The fourth-order valence-electron chi connectivity index (χ4n) is 1.95. The summed E-state index contributed by atoms with van der Waals surface area (Å²) in [6, 6.07) is 4.88. The summed E-state index contributed by atoms with van der Waals surface area (Å²) >= 11 is 1.60. The molecule has 0 bridgehead atoms. The first-order valence-electron chi connectivity index (χ1n) is 6.04. The first-order chi connectivity index (χ1) is 9.58. The van der Waals surface area contributed by atoms with Crippen molar-refractivity contribution in [3.05, 3.63) is 35.0 Å². The molecule has 0 saturated carbocycles. The number of aromatic nitrogens is 2. The van der Waals surface area contributed by atoms with Gasteiger partial charge in [0.15, 0.2) is 5.75 Å². The molecule has 5 nitrogen and oxygen atoms in total. The summed E-state index contributed by atoms with van der Waals surface area (Å²) in [5.74, 6) is 0.827. The summed E-state index contributed by atoms with van der Waals surface area (Å²) in [4.78, 5) is 10.5. The number of ether oxygens (including phenoxy) is 1. The molecular formula is C14H13N3O2S. The number of rotatable bonds is 2. The fraction of sp³-hybridized carbons (Fsp3) is 0.143. The van der Waals surface area contributed by atoms with Gasteiger partial charge in [0.2, 0.25) is 5.88 Å². The molecule has 20 heavy (non-hydrogen) atoms. The Morgan fingerprint density at radius 3 is 2.85 bits per heavy atom. The number of para-hydroxylation sites is 1. The van der Waals surface area contributed by atoms with Crippen LogP contribution in [0.15, 0.2) is 24.5 Å². The predicted octanol–water partition coefficient (Wildman–Crippen LogP) is 3.39. The molecule has 0 fully saturated rings. The number of nitrogens with two attached hydrogens (primary N) is 1. The van der Waals surface area contributed by atoms with Gasteiger partial charge < -0.3 is 15.6 Å². The summed E-state index contributed by atoms with van der Waals surface area (Å²) < 4.78 is 5.77. The molecule has 2 heterocycles. The van der Waals surface area contributed by atoms with E-state index in [1.165, 1.54) is 17.3 Å². The van der Waals surface area contributed by atoms with E-state index in [0.29, 0.717) is 11.6 Å². The van der Waals surface area contributed by atoms with Crippen LogP contribution in [0.1, 0.15) is 10.4 Å². The van der Waals surface area contributed by atoms with Crippen molar-refractivity contribution in [2.75, 3.05) is 5.73 Å². The van der Waals surface area contributed by atoms with Crippen LogP contribution in [0.3, 0.4) is 0 Å². The Balaban J connectivity index is 2.13. The maximum atomic E-state index is 9.61. The Kier molecular flexibility index (Phi) is 2.94. The number of phenols is 1. The molecule has 2 aromatic heterocycles. The fourth-order valence-corrected chi connectivity index (χ4v) is 2.94. The quantitative estimate of drug-likeness (QED) is 0.557. The summed E-state index contributed by atoms with van der Waals surface area (Å²) in [6.45, 7) is 4.05. The smallest absolute Gasteiger partial charge is 0.231 e. The van der Waals surface area contributed by atoms with Crippen molar-refractivity contribution in [2.45, 2.75) is 13.8 Å². The topological polar surface area (TPSA) is 81.3 Å². The second-order valence-electron chi connectivity index (χ2n) is 4.43. The van der Waals surface area contributed by atoms with Crippen LogP contribution in [-0.4, -0.2) is 15.1 Å². The minimum absolute atomic E-state index is 0.00831. The predicted molar refractivity (Wildman–Crippen MR) is 79.5 cm³/mol. The van der Waals surface area contributed by atoms with Gasteiger partial charge in [-0.05, 0) is 31.5 Å². The van der Waals surface area contributed by atoms with Crippen LogP contribution >= 0.6 is 11.3 Å². The van der Waals surface area contributed by atoms with Crippen molar-refractivity contribution in [1.29, 1.82) is 0 Å². The zero-order chi connectivity index (χ0) is 14.3. The molecular weight excluding hydrogens is 274 g/mol. The van der Waals surface area contributed by atoms with Gasteiger partial charge in [-0.1, -0.05) is 6.07 Å². The van der Waals surface area contributed by atoms with E-state index in [9.17, 15) is 5.11 Å². The van der Waals surface area contributed by atoms with Gasteiger partial charge in [0.1, 0.15) is 22.6 Å². The molecule has 0 atom stereocenters. The third kappa shape index (κ3) is 1.94. The number of nitrogens with zero attached hydrogens (tertiary/aromatic N) is 2. The zero-order valence-electron chi connectivity index (χ0n) is 11.0. The van der Waals surface area contributed by atoms with Crippen molar-refractivity contribution >= 4 is 27.2 Å². The maximum absolute atomic E-state index is 9.61. The Hall–Kier alpha value is -2.34. The Bertz CT molecular complexity index is 798.